The molecule has 0 aliphatic heterocycles. The van der Waals surface area contributed by atoms with Crippen LogP contribution < -0.4 is 5.73 Å². The van der Waals surface area contributed by atoms with E-state index in [1.165, 1.54) is 30.2 Å². The summed E-state index contributed by atoms with van der Waals surface area (Å²) >= 11 is 0. The Morgan fingerprint density at radius 1 is 1.12 bits per heavy atom. The minimum atomic E-state index is 0.818. The van der Waals surface area contributed by atoms with Gasteiger partial charge >= 0.3 is 0 Å². The number of aromatic nitrogens is 2. The quantitative estimate of drug-likeness (QED) is 0.756. The van der Waals surface area contributed by atoms with E-state index < -0.39 is 0 Å². The minimum Gasteiger partial charge on any atom is -0.347 e. The van der Waals surface area contributed by atoms with E-state index in [0.717, 1.165) is 19.5 Å². The van der Waals surface area contributed by atoms with Crippen molar-refractivity contribution in [2.75, 3.05) is 6.54 Å². The molecule has 0 unspecified atom stereocenters. The van der Waals surface area contributed by atoms with E-state index >= 15 is 0 Å². The van der Waals surface area contributed by atoms with E-state index in [-0.39, 0.29) is 0 Å². The molecule has 0 atom stereocenters. The van der Waals surface area contributed by atoms with Gasteiger partial charge in [0.25, 0.3) is 0 Å². The molecule has 86 valence electrons. The first-order valence-electron chi connectivity index (χ1n) is 6.01. The molecule has 2 N–H and O–H groups in total. The Kier molecular flexibility index (Phi) is 3.94. The molecule has 0 aromatic carbocycles. The fraction of sp³-hybridized carbons (Fsp3) is 0.462. The van der Waals surface area contributed by atoms with Crippen LogP contribution >= 0.6 is 0 Å². The molecule has 0 fully saturated rings. The van der Waals surface area contributed by atoms with Crippen molar-refractivity contribution in [3.63, 3.8) is 0 Å². The Morgan fingerprint density at radius 3 is 2.88 bits per heavy atom. The number of nitrogens with zero attached hydrogens (tertiary/aromatic N) is 2. The molecule has 16 heavy (non-hydrogen) atoms. The van der Waals surface area contributed by atoms with E-state index in [2.05, 4.69) is 27.9 Å². The third-order valence-electron chi connectivity index (χ3n) is 2.92. The largest absolute Gasteiger partial charge is 0.347 e. The molecule has 2 heterocycles. The lowest BCUT2D eigenvalue weighted by molar-refractivity contribution is 0.585. The van der Waals surface area contributed by atoms with Gasteiger partial charge in [-0.2, -0.15) is 0 Å². The van der Waals surface area contributed by atoms with E-state index in [4.69, 9.17) is 5.73 Å². The van der Waals surface area contributed by atoms with Crippen molar-refractivity contribution in [2.24, 2.45) is 5.73 Å². The summed E-state index contributed by atoms with van der Waals surface area (Å²) in [6.45, 7) is 1.91. The van der Waals surface area contributed by atoms with Gasteiger partial charge in [-0.15, -0.1) is 0 Å². The van der Waals surface area contributed by atoms with Gasteiger partial charge in [-0.25, -0.2) is 0 Å². The third kappa shape index (κ3) is 2.61. The Hall–Kier alpha value is -1.35. The van der Waals surface area contributed by atoms with Gasteiger partial charge in [-0.3, -0.25) is 4.98 Å². The van der Waals surface area contributed by atoms with Crippen molar-refractivity contribution in [1.82, 2.24) is 9.55 Å². The number of rotatable bonds is 6. The van der Waals surface area contributed by atoms with Gasteiger partial charge in [0.1, 0.15) is 0 Å². The number of pyridine rings is 1. The predicted molar refractivity (Wildman–Crippen MR) is 67.3 cm³/mol. The van der Waals surface area contributed by atoms with Crippen molar-refractivity contribution < 1.29 is 0 Å². The highest BCUT2D eigenvalue weighted by molar-refractivity contribution is 5.78. The number of hydrogen-bond acceptors (Lipinski definition) is 2. The zero-order chi connectivity index (χ0) is 11.2. The van der Waals surface area contributed by atoms with Crippen LogP contribution in [0.2, 0.25) is 0 Å². The normalized spacial score (nSPS) is 11.1. The summed E-state index contributed by atoms with van der Waals surface area (Å²) < 4.78 is 2.31. The molecule has 2 aromatic rings. The summed E-state index contributed by atoms with van der Waals surface area (Å²) in [5.74, 6) is 0. The monoisotopic (exact) mass is 217 g/mol. The minimum absolute atomic E-state index is 0.818. The van der Waals surface area contributed by atoms with Crippen molar-refractivity contribution in [3.05, 3.63) is 30.7 Å². The molecule has 0 radical (unpaired) electrons. The lowest BCUT2D eigenvalue weighted by Gasteiger charge is -2.04. The number of unbranched alkanes of at least 4 members (excludes halogenated alkanes) is 3. The molecule has 0 aliphatic carbocycles. The van der Waals surface area contributed by atoms with E-state index in [0.29, 0.717) is 0 Å². The van der Waals surface area contributed by atoms with Crippen LogP contribution in [0, 0.1) is 0 Å². The lowest BCUT2D eigenvalue weighted by atomic mass is 10.2. The lowest BCUT2D eigenvalue weighted by Crippen LogP contribution is -1.99. The summed E-state index contributed by atoms with van der Waals surface area (Å²) in [6, 6.07) is 4.21. The predicted octanol–water partition coefficient (Wildman–Crippen LogP) is 2.56. The SMILES string of the molecule is NCCCCCCn1ccc2cnccc21. The molecule has 0 saturated carbocycles. The van der Waals surface area contributed by atoms with E-state index in [9.17, 15) is 0 Å². The van der Waals surface area contributed by atoms with Gasteiger partial charge in [0.15, 0.2) is 0 Å². The van der Waals surface area contributed by atoms with Crippen molar-refractivity contribution in [1.29, 1.82) is 0 Å². The molecule has 3 nitrogen and oxygen atoms in total. The van der Waals surface area contributed by atoms with E-state index in [1.54, 1.807) is 0 Å². The van der Waals surface area contributed by atoms with Crippen LogP contribution in [0.4, 0.5) is 0 Å². The Morgan fingerprint density at radius 2 is 2.00 bits per heavy atom. The maximum atomic E-state index is 5.47. The zero-order valence-electron chi connectivity index (χ0n) is 9.60. The number of nitrogens with two attached hydrogens (primary N) is 1. The van der Waals surface area contributed by atoms with Crippen molar-refractivity contribution >= 4 is 10.9 Å². The van der Waals surface area contributed by atoms with Crippen molar-refractivity contribution in [2.45, 2.75) is 32.2 Å². The van der Waals surface area contributed by atoms with Gasteiger partial charge in [-0.05, 0) is 31.5 Å². The van der Waals surface area contributed by atoms with Crippen LogP contribution in [0.5, 0.6) is 0 Å². The highest BCUT2D eigenvalue weighted by atomic mass is 15.0. The second-order valence-corrected chi connectivity index (χ2v) is 4.15. The molecule has 0 bridgehead atoms. The second-order valence-electron chi connectivity index (χ2n) is 4.15. The summed E-state index contributed by atoms with van der Waals surface area (Å²) in [7, 11) is 0. The fourth-order valence-electron chi connectivity index (χ4n) is 2.01. The summed E-state index contributed by atoms with van der Waals surface area (Å²) in [6.07, 6.45) is 10.8. The van der Waals surface area contributed by atoms with Crippen LogP contribution in [-0.2, 0) is 6.54 Å². The Bertz CT molecular complexity index is 433. The van der Waals surface area contributed by atoms with Crippen LogP contribution in [0.1, 0.15) is 25.7 Å². The van der Waals surface area contributed by atoms with Crippen LogP contribution in [0.3, 0.4) is 0 Å². The first-order chi connectivity index (χ1) is 7.92. The number of fused-ring (bicyclic) bond motifs is 1. The maximum absolute atomic E-state index is 5.47. The van der Waals surface area contributed by atoms with Crippen LogP contribution in [-0.4, -0.2) is 16.1 Å². The molecule has 2 rings (SSSR count). The molecule has 0 aliphatic rings. The first kappa shape index (κ1) is 11.1. The standard InChI is InChI=1S/C13H19N3/c14-7-3-1-2-4-9-16-10-6-12-11-15-8-5-13(12)16/h5-6,8,10-11H,1-4,7,9,14H2. The average Bonchev–Trinajstić information content (AvgIpc) is 2.73. The van der Waals surface area contributed by atoms with Gasteiger partial charge in [0, 0.05) is 30.5 Å². The molecule has 0 amide bonds. The Balaban J connectivity index is 1.89. The topological polar surface area (TPSA) is 43.8 Å². The zero-order valence-corrected chi connectivity index (χ0v) is 9.60. The fourth-order valence-corrected chi connectivity index (χ4v) is 2.01. The van der Waals surface area contributed by atoms with Gasteiger partial charge in [-0.1, -0.05) is 12.8 Å². The molecule has 0 saturated heterocycles. The van der Waals surface area contributed by atoms with Gasteiger partial charge < -0.3 is 10.3 Å². The second kappa shape index (κ2) is 5.66. The van der Waals surface area contributed by atoms with Crippen molar-refractivity contribution in [3.8, 4) is 0 Å². The molecular formula is C13H19N3. The first-order valence-corrected chi connectivity index (χ1v) is 6.01. The summed E-state index contributed by atoms with van der Waals surface area (Å²) in [5, 5.41) is 1.23. The average molecular weight is 217 g/mol. The maximum Gasteiger partial charge on any atom is 0.0511 e. The van der Waals surface area contributed by atoms with Crippen LogP contribution in [0.15, 0.2) is 30.7 Å². The van der Waals surface area contributed by atoms with Gasteiger partial charge in [0.2, 0.25) is 0 Å². The van der Waals surface area contributed by atoms with Gasteiger partial charge in [0.05, 0.1) is 5.52 Å². The third-order valence-corrected chi connectivity index (χ3v) is 2.92. The smallest absolute Gasteiger partial charge is 0.0511 e. The number of aryl methyl sites for hydroxylation is 1. The molecule has 2 aromatic heterocycles. The highest BCUT2D eigenvalue weighted by Gasteiger charge is 1.99. The summed E-state index contributed by atoms with van der Waals surface area (Å²) in [4.78, 5) is 4.12. The molecule has 0 spiro atoms. The van der Waals surface area contributed by atoms with Crippen LogP contribution in [0.25, 0.3) is 10.9 Å². The Labute approximate surface area is 96.3 Å². The molecule has 3 heteroatoms. The van der Waals surface area contributed by atoms with E-state index in [1.807, 2.05) is 12.4 Å². The number of hydrogen-bond donors (Lipinski definition) is 1. The molecular weight excluding hydrogens is 198 g/mol. The summed E-state index contributed by atoms with van der Waals surface area (Å²) in [5.41, 5.74) is 6.75. The highest BCUT2D eigenvalue weighted by Crippen LogP contribution is 2.14.